The van der Waals surface area contributed by atoms with Crippen LogP contribution in [0, 0.1) is 0 Å². The van der Waals surface area contributed by atoms with Crippen molar-refractivity contribution in [3.05, 3.63) is 29.8 Å². The van der Waals surface area contributed by atoms with E-state index in [1.807, 2.05) is 0 Å². The van der Waals surface area contributed by atoms with E-state index in [0.717, 1.165) is 19.3 Å². The topological polar surface area (TPSA) is 92.8 Å². The van der Waals surface area contributed by atoms with E-state index in [2.05, 4.69) is 5.32 Å². The Labute approximate surface area is 148 Å². The van der Waals surface area contributed by atoms with Crippen molar-refractivity contribution in [2.75, 3.05) is 19.7 Å². The lowest BCUT2D eigenvalue weighted by Gasteiger charge is -2.26. The number of carbonyl (C=O) groups is 2. The standard InChI is InChI=1S/C17H24N2O5S/c1-13(2)18-16(20)12-24-17(21)14-8-4-5-9-15(14)25(22,23)19-10-6-3-7-11-19/h4-5,8-9,13H,3,6-7,10-12H2,1-2H3,(H,18,20). The van der Waals surface area contributed by atoms with Crippen LogP contribution < -0.4 is 5.32 Å². The molecule has 1 aliphatic rings. The predicted octanol–water partition coefficient (Wildman–Crippen LogP) is 1.54. The van der Waals surface area contributed by atoms with Crippen LogP contribution in [0.25, 0.3) is 0 Å². The average molecular weight is 368 g/mol. The van der Waals surface area contributed by atoms with Crippen molar-refractivity contribution in [1.82, 2.24) is 9.62 Å². The van der Waals surface area contributed by atoms with Crippen LogP contribution in [0.2, 0.25) is 0 Å². The summed E-state index contributed by atoms with van der Waals surface area (Å²) in [6, 6.07) is 5.87. The number of nitrogens with one attached hydrogen (secondary N) is 1. The van der Waals surface area contributed by atoms with Gasteiger partial charge in [-0.15, -0.1) is 0 Å². The molecule has 8 heteroatoms. The first-order chi connectivity index (χ1) is 11.8. The van der Waals surface area contributed by atoms with Gasteiger partial charge in [-0.05, 0) is 38.8 Å². The Balaban J connectivity index is 2.17. The highest BCUT2D eigenvalue weighted by Crippen LogP contribution is 2.24. The number of carbonyl (C=O) groups excluding carboxylic acids is 2. The van der Waals surface area contributed by atoms with Crippen molar-refractivity contribution in [1.29, 1.82) is 0 Å². The summed E-state index contributed by atoms with van der Waals surface area (Å²) in [5.74, 6) is -1.25. The van der Waals surface area contributed by atoms with Crippen LogP contribution >= 0.6 is 0 Å². The van der Waals surface area contributed by atoms with Gasteiger partial charge >= 0.3 is 5.97 Å². The number of esters is 1. The van der Waals surface area contributed by atoms with E-state index < -0.39 is 28.5 Å². The molecule has 1 saturated heterocycles. The molecule has 1 amide bonds. The molecule has 1 heterocycles. The Morgan fingerprint density at radius 3 is 2.44 bits per heavy atom. The minimum atomic E-state index is -3.76. The number of piperidine rings is 1. The fourth-order valence-electron chi connectivity index (χ4n) is 2.68. The van der Waals surface area contributed by atoms with Gasteiger partial charge < -0.3 is 10.1 Å². The molecule has 1 fully saturated rings. The Bertz CT molecular complexity index is 724. The van der Waals surface area contributed by atoms with Crippen LogP contribution in [-0.2, 0) is 19.6 Å². The number of sulfonamides is 1. The van der Waals surface area contributed by atoms with Gasteiger partial charge in [-0.1, -0.05) is 18.6 Å². The van der Waals surface area contributed by atoms with Gasteiger partial charge in [-0.2, -0.15) is 4.31 Å². The minimum Gasteiger partial charge on any atom is -0.452 e. The highest BCUT2D eigenvalue weighted by Gasteiger charge is 2.30. The van der Waals surface area contributed by atoms with Gasteiger partial charge in [0.25, 0.3) is 5.91 Å². The van der Waals surface area contributed by atoms with E-state index in [4.69, 9.17) is 4.74 Å². The Hall–Kier alpha value is -1.93. The second-order valence-electron chi connectivity index (χ2n) is 6.26. The third kappa shape index (κ3) is 5.02. The average Bonchev–Trinajstić information content (AvgIpc) is 2.60. The van der Waals surface area contributed by atoms with Crippen molar-refractivity contribution in [2.45, 2.75) is 44.0 Å². The second-order valence-corrected chi connectivity index (χ2v) is 8.17. The summed E-state index contributed by atoms with van der Waals surface area (Å²) in [6.07, 6.45) is 2.61. The number of hydrogen-bond acceptors (Lipinski definition) is 5. The zero-order valence-corrected chi connectivity index (χ0v) is 15.3. The molecule has 0 aliphatic carbocycles. The van der Waals surface area contributed by atoms with Gasteiger partial charge in [0.1, 0.15) is 0 Å². The molecule has 0 bridgehead atoms. The van der Waals surface area contributed by atoms with E-state index in [0.29, 0.717) is 13.1 Å². The van der Waals surface area contributed by atoms with Crippen molar-refractivity contribution < 1.29 is 22.7 Å². The molecule has 0 radical (unpaired) electrons. The van der Waals surface area contributed by atoms with Gasteiger partial charge in [0.05, 0.1) is 10.5 Å². The quantitative estimate of drug-likeness (QED) is 0.769. The first-order valence-electron chi connectivity index (χ1n) is 8.38. The number of ether oxygens (including phenoxy) is 1. The highest BCUT2D eigenvalue weighted by molar-refractivity contribution is 7.89. The Kier molecular flexibility index (Phi) is 6.55. The van der Waals surface area contributed by atoms with Gasteiger partial charge in [0.15, 0.2) is 6.61 Å². The number of benzene rings is 1. The van der Waals surface area contributed by atoms with E-state index >= 15 is 0 Å². The van der Waals surface area contributed by atoms with Gasteiger partial charge in [-0.3, -0.25) is 4.79 Å². The molecule has 1 aromatic carbocycles. The molecule has 138 valence electrons. The molecule has 1 aliphatic heterocycles. The van der Waals surface area contributed by atoms with Crippen LogP contribution in [0.4, 0.5) is 0 Å². The molecular weight excluding hydrogens is 344 g/mol. The Morgan fingerprint density at radius 1 is 1.16 bits per heavy atom. The van der Waals surface area contributed by atoms with Gasteiger partial charge in [0.2, 0.25) is 10.0 Å². The van der Waals surface area contributed by atoms with Crippen molar-refractivity contribution in [2.24, 2.45) is 0 Å². The molecule has 0 unspecified atom stereocenters. The number of amides is 1. The van der Waals surface area contributed by atoms with Crippen molar-refractivity contribution in [3.63, 3.8) is 0 Å². The normalized spacial score (nSPS) is 15.8. The number of hydrogen-bond donors (Lipinski definition) is 1. The molecule has 25 heavy (non-hydrogen) atoms. The molecule has 2 rings (SSSR count). The summed E-state index contributed by atoms with van der Waals surface area (Å²) in [4.78, 5) is 23.8. The van der Waals surface area contributed by atoms with Crippen LogP contribution in [-0.4, -0.2) is 50.3 Å². The molecule has 1 aromatic rings. The molecule has 0 atom stereocenters. The maximum absolute atomic E-state index is 12.8. The number of nitrogens with zero attached hydrogens (tertiary/aromatic N) is 1. The first kappa shape index (κ1) is 19.4. The second kappa shape index (κ2) is 8.44. The van der Waals surface area contributed by atoms with E-state index in [1.165, 1.54) is 16.4 Å². The third-order valence-electron chi connectivity index (χ3n) is 3.82. The van der Waals surface area contributed by atoms with Crippen LogP contribution in [0.1, 0.15) is 43.5 Å². The lowest BCUT2D eigenvalue weighted by atomic mass is 10.2. The fraction of sp³-hybridized carbons (Fsp3) is 0.529. The molecule has 0 aromatic heterocycles. The van der Waals surface area contributed by atoms with E-state index in [1.54, 1.807) is 26.0 Å². The summed E-state index contributed by atoms with van der Waals surface area (Å²) >= 11 is 0. The summed E-state index contributed by atoms with van der Waals surface area (Å²) in [6.45, 7) is 4.03. The Morgan fingerprint density at radius 2 is 1.80 bits per heavy atom. The van der Waals surface area contributed by atoms with Crippen LogP contribution in [0.15, 0.2) is 29.2 Å². The summed E-state index contributed by atoms with van der Waals surface area (Å²) < 4.78 is 32.0. The monoisotopic (exact) mass is 368 g/mol. The van der Waals surface area contributed by atoms with Gasteiger partial charge in [-0.25, -0.2) is 13.2 Å². The van der Waals surface area contributed by atoms with Crippen LogP contribution in [0.3, 0.4) is 0 Å². The molecule has 0 saturated carbocycles. The minimum absolute atomic E-state index is 0.0505. The van der Waals surface area contributed by atoms with Crippen molar-refractivity contribution >= 4 is 21.9 Å². The summed E-state index contributed by atoms with van der Waals surface area (Å²) in [5, 5.41) is 2.60. The lowest BCUT2D eigenvalue weighted by Crippen LogP contribution is -2.36. The van der Waals surface area contributed by atoms with E-state index in [-0.39, 0.29) is 16.5 Å². The molecular formula is C17H24N2O5S. The molecule has 7 nitrogen and oxygen atoms in total. The van der Waals surface area contributed by atoms with E-state index in [9.17, 15) is 18.0 Å². The molecule has 0 spiro atoms. The lowest BCUT2D eigenvalue weighted by molar-refractivity contribution is -0.124. The third-order valence-corrected chi connectivity index (χ3v) is 5.78. The zero-order valence-electron chi connectivity index (χ0n) is 14.5. The maximum Gasteiger partial charge on any atom is 0.340 e. The largest absolute Gasteiger partial charge is 0.452 e. The number of rotatable bonds is 6. The molecule has 1 N–H and O–H groups in total. The van der Waals surface area contributed by atoms with Crippen LogP contribution in [0.5, 0.6) is 0 Å². The first-order valence-corrected chi connectivity index (χ1v) is 9.82. The van der Waals surface area contributed by atoms with Crippen molar-refractivity contribution in [3.8, 4) is 0 Å². The highest BCUT2D eigenvalue weighted by atomic mass is 32.2. The zero-order chi connectivity index (χ0) is 18.4. The smallest absolute Gasteiger partial charge is 0.340 e. The van der Waals surface area contributed by atoms with Gasteiger partial charge in [0, 0.05) is 19.1 Å². The fourth-order valence-corrected chi connectivity index (χ4v) is 4.37. The summed E-state index contributed by atoms with van der Waals surface area (Å²) in [5.41, 5.74) is -0.0505. The maximum atomic E-state index is 12.8. The SMILES string of the molecule is CC(C)NC(=O)COC(=O)c1ccccc1S(=O)(=O)N1CCCCC1. The predicted molar refractivity (Wildman–Crippen MR) is 92.6 cm³/mol. The summed E-state index contributed by atoms with van der Waals surface area (Å²) in [7, 11) is -3.76.